The second kappa shape index (κ2) is 5.67. The maximum absolute atomic E-state index is 6.11. The number of nitrogens with zero attached hydrogens (tertiary/aromatic N) is 2. The van der Waals surface area contributed by atoms with Gasteiger partial charge in [0.2, 0.25) is 0 Å². The molecule has 0 N–H and O–H groups in total. The number of likely N-dealkylation sites (tertiary alicyclic amines) is 1. The van der Waals surface area contributed by atoms with Crippen LogP contribution in [-0.2, 0) is 4.74 Å². The Hall–Kier alpha value is 0.170. The van der Waals surface area contributed by atoms with E-state index in [4.69, 9.17) is 16.3 Å². The predicted molar refractivity (Wildman–Crippen MR) is 67.1 cm³/mol. The molecule has 0 saturated carbocycles. The number of hydrogen-bond acceptors (Lipinski definition) is 3. The van der Waals surface area contributed by atoms with Crippen LogP contribution in [0.4, 0.5) is 0 Å². The van der Waals surface area contributed by atoms with E-state index >= 15 is 0 Å². The third kappa shape index (κ3) is 3.33. The van der Waals surface area contributed by atoms with Gasteiger partial charge in [-0.1, -0.05) is 0 Å². The monoisotopic (exact) mass is 246 g/mol. The van der Waals surface area contributed by atoms with Crippen LogP contribution in [-0.4, -0.2) is 66.7 Å². The van der Waals surface area contributed by atoms with Crippen molar-refractivity contribution in [3.8, 4) is 0 Å². The summed E-state index contributed by atoms with van der Waals surface area (Å²) in [6.07, 6.45) is 1.50. The molecule has 2 atom stereocenters. The molecule has 0 bridgehead atoms. The summed E-state index contributed by atoms with van der Waals surface area (Å²) < 4.78 is 5.83. The van der Waals surface area contributed by atoms with Crippen molar-refractivity contribution in [2.45, 2.75) is 37.8 Å². The Bertz CT molecular complexity index is 225. The van der Waals surface area contributed by atoms with Gasteiger partial charge in [-0.05, 0) is 26.8 Å². The van der Waals surface area contributed by atoms with Gasteiger partial charge in [-0.2, -0.15) is 0 Å². The van der Waals surface area contributed by atoms with Crippen molar-refractivity contribution in [2.75, 3.05) is 39.3 Å². The lowest BCUT2D eigenvalue weighted by molar-refractivity contribution is -0.0497. The standard InChI is InChI=1S/C12H23ClN2O/c1-10(2)15-5-6-16-12(9-15)8-14-4-3-11(13)7-14/h10-12H,3-9H2,1-2H3. The van der Waals surface area contributed by atoms with Crippen LogP contribution in [0.2, 0.25) is 0 Å². The lowest BCUT2D eigenvalue weighted by atomic mass is 10.2. The van der Waals surface area contributed by atoms with E-state index in [2.05, 4.69) is 23.6 Å². The first kappa shape index (κ1) is 12.6. The summed E-state index contributed by atoms with van der Waals surface area (Å²) >= 11 is 6.11. The molecule has 2 fully saturated rings. The van der Waals surface area contributed by atoms with Gasteiger partial charge >= 0.3 is 0 Å². The minimum absolute atomic E-state index is 0.352. The highest BCUT2D eigenvalue weighted by Crippen LogP contribution is 2.17. The van der Waals surface area contributed by atoms with Crippen LogP contribution >= 0.6 is 11.6 Å². The van der Waals surface area contributed by atoms with Gasteiger partial charge in [0, 0.05) is 37.6 Å². The summed E-state index contributed by atoms with van der Waals surface area (Å²) in [7, 11) is 0. The molecule has 2 unspecified atom stereocenters. The summed E-state index contributed by atoms with van der Waals surface area (Å²) in [6, 6.07) is 0.630. The van der Waals surface area contributed by atoms with Gasteiger partial charge in [0.15, 0.2) is 0 Å². The molecule has 2 aliphatic heterocycles. The molecule has 2 rings (SSSR count). The van der Waals surface area contributed by atoms with Crippen LogP contribution in [0, 0.1) is 0 Å². The summed E-state index contributed by atoms with van der Waals surface area (Å²) in [6.45, 7) is 10.7. The fourth-order valence-electron chi connectivity index (χ4n) is 2.56. The molecule has 0 amide bonds. The average Bonchev–Trinajstić information content (AvgIpc) is 2.64. The largest absolute Gasteiger partial charge is 0.374 e. The molecule has 2 aliphatic rings. The maximum Gasteiger partial charge on any atom is 0.0829 e. The highest BCUT2D eigenvalue weighted by molar-refractivity contribution is 6.20. The summed E-state index contributed by atoms with van der Waals surface area (Å²) in [5, 5.41) is 0.352. The fourth-order valence-corrected chi connectivity index (χ4v) is 2.85. The molecule has 0 aromatic heterocycles. The second-order valence-corrected chi connectivity index (χ2v) is 5.84. The number of rotatable bonds is 3. The third-order valence-electron chi connectivity index (χ3n) is 3.58. The Morgan fingerprint density at radius 2 is 2.12 bits per heavy atom. The maximum atomic E-state index is 6.11. The van der Waals surface area contributed by atoms with Gasteiger partial charge in [-0.15, -0.1) is 11.6 Å². The number of hydrogen-bond donors (Lipinski definition) is 0. The molecular formula is C12H23ClN2O. The summed E-state index contributed by atoms with van der Waals surface area (Å²) in [4.78, 5) is 4.94. The molecule has 94 valence electrons. The molecule has 0 spiro atoms. The number of ether oxygens (including phenoxy) is 1. The van der Waals surface area contributed by atoms with Crippen molar-refractivity contribution < 1.29 is 4.74 Å². The van der Waals surface area contributed by atoms with E-state index in [-0.39, 0.29) is 0 Å². The van der Waals surface area contributed by atoms with Gasteiger partial charge in [0.05, 0.1) is 12.7 Å². The Morgan fingerprint density at radius 3 is 2.75 bits per heavy atom. The van der Waals surface area contributed by atoms with Gasteiger partial charge < -0.3 is 4.74 Å². The van der Waals surface area contributed by atoms with Crippen molar-refractivity contribution in [3.63, 3.8) is 0 Å². The van der Waals surface area contributed by atoms with Gasteiger partial charge in [-0.25, -0.2) is 0 Å². The lowest BCUT2D eigenvalue weighted by Gasteiger charge is -2.37. The first-order valence-electron chi connectivity index (χ1n) is 6.37. The van der Waals surface area contributed by atoms with Crippen molar-refractivity contribution in [3.05, 3.63) is 0 Å². The van der Waals surface area contributed by atoms with Crippen molar-refractivity contribution in [1.82, 2.24) is 9.80 Å². The number of alkyl halides is 1. The Balaban J connectivity index is 1.77. The van der Waals surface area contributed by atoms with Crippen LogP contribution in [0.25, 0.3) is 0 Å². The van der Waals surface area contributed by atoms with Crippen molar-refractivity contribution in [2.24, 2.45) is 0 Å². The Labute approximate surface area is 104 Å². The molecular weight excluding hydrogens is 224 g/mol. The fraction of sp³-hybridized carbons (Fsp3) is 1.00. The number of halogens is 1. The molecule has 0 radical (unpaired) electrons. The molecule has 2 saturated heterocycles. The zero-order valence-corrected chi connectivity index (χ0v) is 11.1. The highest BCUT2D eigenvalue weighted by atomic mass is 35.5. The van der Waals surface area contributed by atoms with E-state index in [0.29, 0.717) is 17.5 Å². The van der Waals surface area contributed by atoms with Crippen LogP contribution < -0.4 is 0 Å². The van der Waals surface area contributed by atoms with Crippen LogP contribution in [0.1, 0.15) is 20.3 Å². The summed E-state index contributed by atoms with van der Waals surface area (Å²) in [5.41, 5.74) is 0. The first-order chi connectivity index (χ1) is 7.65. The second-order valence-electron chi connectivity index (χ2n) is 5.23. The molecule has 3 nitrogen and oxygen atoms in total. The van der Waals surface area contributed by atoms with Gasteiger partial charge in [-0.3, -0.25) is 9.80 Å². The molecule has 2 heterocycles. The number of morpholine rings is 1. The lowest BCUT2D eigenvalue weighted by Crippen LogP contribution is -2.49. The molecule has 0 aliphatic carbocycles. The molecule has 0 aromatic rings. The third-order valence-corrected chi connectivity index (χ3v) is 3.93. The molecule has 4 heteroatoms. The van der Waals surface area contributed by atoms with Crippen molar-refractivity contribution >= 4 is 11.6 Å². The van der Waals surface area contributed by atoms with E-state index in [9.17, 15) is 0 Å². The van der Waals surface area contributed by atoms with Crippen LogP contribution in [0.3, 0.4) is 0 Å². The topological polar surface area (TPSA) is 15.7 Å². The highest BCUT2D eigenvalue weighted by Gasteiger charge is 2.27. The SMILES string of the molecule is CC(C)N1CCOC(CN2CCC(Cl)C2)C1. The normalized spacial score (nSPS) is 33.8. The van der Waals surface area contributed by atoms with E-state index < -0.39 is 0 Å². The van der Waals surface area contributed by atoms with Gasteiger partial charge in [0.25, 0.3) is 0 Å². The van der Waals surface area contributed by atoms with E-state index in [1.54, 1.807) is 0 Å². The minimum Gasteiger partial charge on any atom is -0.374 e. The van der Waals surface area contributed by atoms with E-state index in [1.165, 1.54) is 0 Å². The Morgan fingerprint density at radius 1 is 1.31 bits per heavy atom. The van der Waals surface area contributed by atoms with Gasteiger partial charge in [0.1, 0.15) is 0 Å². The first-order valence-corrected chi connectivity index (χ1v) is 6.81. The van der Waals surface area contributed by atoms with E-state index in [1.807, 2.05) is 0 Å². The predicted octanol–water partition coefficient (Wildman–Crippen LogP) is 1.41. The Kier molecular flexibility index (Phi) is 4.48. The zero-order chi connectivity index (χ0) is 11.5. The quantitative estimate of drug-likeness (QED) is 0.701. The van der Waals surface area contributed by atoms with Crippen molar-refractivity contribution in [1.29, 1.82) is 0 Å². The van der Waals surface area contributed by atoms with Crippen LogP contribution in [0.15, 0.2) is 0 Å². The average molecular weight is 247 g/mol. The zero-order valence-electron chi connectivity index (χ0n) is 10.4. The minimum atomic E-state index is 0.352. The van der Waals surface area contributed by atoms with E-state index in [0.717, 1.165) is 45.8 Å². The molecule has 16 heavy (non-hydrogen) atoms. The van der Waals surface area contributed by atoms with Crippen LogP contribution in [0.5, 0.6) is 0 Å². The molecule has 0 aromatic carbocycles. The smallest absolute Gasteiger partial charge is 0.0829 e. The summed E-state index contributed by atoms with van der Waals surface area (Å²) in [5.74, 6) is 0.